The first-order valence-electron chi connectivity index (χ1n) is 9.22. The number of carbonyl (C=O) groups excluding carboxylic acids is 3. The topological polar surface area (TPSA) is 96.5 Å². The highest BCUT2D eigenvalue weighted by Gasteiger charge is 2.09. The number of hydrogen-bond donors (Lipinski definition) is 3. The fourth-order valence-corrected chi connectivity index (χ4v) is 2.36. The average molecular weight is 383 g/mol. The second kappa shape index (κ2) is 10.7. The van der Waals surface area contributed by atoms with Gasteiger partial charge in [0.2, 0.25) is 5.91 Å². The van der Waals surface area contributed by atoms with Crippen LogP contribution >= 0.6 is 0 Å². The van der Waals surface area contributed by atoms with Gasteiger partial charge in [0, 0.05) is 17.7 Å². The number of benzene rings is 2. The van der Waals surface area contributed by atoms with Gasteiger partial charge in [0.05, 0.1) is 0 Å². The molecule has 0 saturated heterocycles. The van der Waals surface area contributed by atoms with Crippen LogP contribution in [0.5, 0.6) is 5.75 Å². The van der Waals surface area contributed by atoms with Gasteiger partial charge in [-0.05, 0) is 54.8 Å². The molecule has 0 spiro atoms. The summed E-state index contributed by atoms with van der Waals surface area (Å²) in [5.41, 5.74) is 6.78. The predicted molar refractivity (Wildman–Crippen MR) is 107 cm³/mol. The number of amides is 3. The third-order valence-corrected chi connectivity index (χ3v) is 3.92. The average Bonchev–Trinajstić information content (AvgIpc) is 2.71. The normalized spacial score (nSPS) is 10.1. The highest BCUT2D eigenvalue weighted by molar-refractivity contribution is 5.96. The first-order valence-corrected chi connectivity index (χ1v) is 9.22. The molecule has 0 fully saturated rings. The molecule has 0 aliphatic carbocycles. The minimum absolute atomic E-state index is 0.0729. The third-order valence-electron chi connectivity index (χ3n) is 3.92. The Labute approximate surface area is 164 Å². The molecule has 148 valence electrons. The second-order valence-electron chi connectivity index (χ2n) is 6.16. The van der Waals surface area contributed by atoms with Crippen LogP contribution < -0.4 is 20.9 Å². The summed E-state index contributed by atoms with van der Waals surface area (Å²) in [6, 6.07) is 13.9. The maximum Gasteiger partial charge on any atom is 0.276 e. The van der Waals surface area contributed by atoms with Crippen LogP contribution in [0.2, 0.25) is 0 Å². The Morgan fingerprint density at radius 2 is 1.54 bits per heavy atom. The number of rotatable bonds is 8. The van der Waals surface area contributed by atoms with Gasteiger partial charge in [-0.3, -0.25) is 25.2 Å². The van der Waals surface area contributed by atoms with Crippen LogP contribution in [0, 0.1) is 0 Å². The molecule has 0 unspecified atom stereocenters. The van der Waals surface area contributed by atoms with Crippen molar-refractivity contribution in [1.29, 1.82) is 0 Å². The van der Waals surface area contributed by atoms with Gasteiger partial charge in [0.25, 0.3) is 11.8 Å². The molecular weight excluding hydrogens is 358 g/mol. The molecule has 2 aromatic carbocycles. The number of aryl methyl sites for hydroxylation is 1. The molecule has 0 aromatic heterocycles. The van der Waals surface area contributed by atoms with E-state index in [-0.39, 0.29) is 12.5 Å². The Morgan fingerprint density at radius 1 is 0.857 bits per heavy atom. The van der Waals surface area contributed by atoms with Crippen molar-refractivity contribution in [2.45, 2.75) is 33.1 Å². The molecule has 2 aromatic rings. The van der Waals surface area contributed by atoms with Crippen LogP contribution in [0.4, 0.5) is 5.69 Å². The van der Waals surface area contributed by atoms with E-state index in [1.54, 1.807) is 36.4 Å². The van der Waals surface area contributed by atoms with Crippen molar-refractivity contribution in [2.24, 2.45) is 0 Å². The number of carbonyl (C=O) groups is 3. The Bertz CT molecular complexity index is 801. The summed E-state index contributed by atoms with van der Waals surface area (Å²) in [4.78, 5) is 35.4. The second-order valence-corrected chi connectivity index (χ2v) is 6.16. The summed E-state index contributed by atoms with van der Waals surface area (Å²) >= 11 is 0. The van der Waals surface area contributed by atoms with Crippen LogP contribution in [-0.4, -0.2) is 24.3 Å². The lowest BCUT2D eigenvalue weighted by Gasteiger charge is -2.10. The molecule has 0 bridgehead atoms. The Morgan fingerprint density at radius 3 is 2.14 bits per heavy atom. The zero-order valence-electron chi connectivity index (χ0n) is 16.1. The van der Waals surface area contributed by atoms with Crippen molar-refractivity contribution in [2.75, 3.05) is 11.9 Å². The van der Waals surface area contributed by atoms with Gasteiger partial charge in [-0.1, -0.05) is 26.0 Å². The molecule has 2 rings (SSSR count). The lowest BCUT2D eigenvalue weighted by molar-refractivity contribution is -0.123. The monoisotopic (exact) mass is 383 g/mol. The maximum atomic E-state index is 12.1. The van der Waals surface area contributed by atoms with Crippen LogP contribution in [0.3, 0.4) is 0 Å². The van der Waals surface area contributed by atoms with E-state index in [1.807, 2.05) is 19.1 Å². The van der Waals surface area contributed by atoms with E-state index in [0.717, 1.165) is 12.8 Å². The molecule has 0 aliphatic rings. The van der Waals surface area contributed by atoms with Gasteiger partial charge in [0.1, 0.15) is 5.75 Å². The zero-order chi connectivity index (χ0) is 20.4. The summed E-state index contributed by atoms with van der Waals surface area (Å²) in [6.07, 6.45) is 2.14. The van der Waals surface area contributed by atoms with Crippen LogP contribution in [0.25, 0.3) is 0 Å². The summed E-state index contributed by atoms with van der Waals surface area (Å²) in [7, 11) is 0. The van der Waals surface area contributed by atoms with E-state index in [2.05, 4.69) is 23.1 Å². The first-order chi connectivity index (χ1) is 13.5. The molecule has 0 saturated carbocycles. The fraction of sp³-hybridized carbons (Fsp3) is 0.286. The maximum absolute atomic E-state index is 12.1. The molecule has 3 N–H and O–H groups in total. The van der Waals surface area contributed by atoms with Gasteiger partial charge >= 0.3 is 0 Å². The largest absolute Gasteiger partial charge is 0.484 e. The highest BCUT2D eigenvalue weighted by atomic mass is 16.5. The fourth-order valence-electron chi connectivity index (χ4n) is 2.36. The molecule has 28 heavy (non-hydrogen) atoms. The van der Waals surface area contributed by atoms with E-state index >= 15 is 0 Å². The van der Waals surface area contributed by atoms with Crippen LogP contribution in [0.15, 0.2) is 48.5 Å². The van der Waals surface area contributed by atoms with Crippen LogP contribution in [0.1, 0.15) is 42.6 Å². The quantitative estimate of drug-likeness (QED) is 0.611. The van der Waals surface area contributed by atoms with Crippen molar-refractivity contribution in [3.05, 3.63) is 59.7 Å². The van der Waals surface area contributed by atoms with Crippen molar-refractivity contribution in [3.8, 4) is 5.75 Å². The van der Waals surface area contributed by atoms with Gasteiger partial charge in [-0.2, -0.15) is 0 Å². The Balaban J connectivity index is 1.76. The van der Waals surface area contributed by atoms with E-state index in [4.69, 9.17) is 4.74 Å². The molecule has 0 radical (unpaired) electrons. The number of hydrazine groups is 1. The molecule has 7 nitrogen and oxygen atoms in total. The number of ether oxygens (including phenoxy) is 1. The molecule has 0 atom stereocenters. The standard InChI is InChI=1S/C21H25N3O4/c1-3-5-19(25)22-17-10-8-16(9-11-17)21(27)24-23-20(26)14-28-18-12-6-15(4-2)7-13-18/h6-13H,3-5,14H2,1-2H3,(H,22,25)(H,23,26)(H,24,27). The molecule has 7 heteroatoms. The smallest absolute Gasteiger partial charge is 0.276 e. The predicted octanol–water partition coefficient (Wildman–Crippen LogP) is 2.83. The van der Waals surface area contributed by atoms with E-state index in [9.17, 15) is 14.4 Å². The Hall–Kier alpha value is -3.35. The van der Waals surface area contributed by atoms with Gasteiger partial charge in [-0.25, -0.2) is 0 Å². The first kappa shape index (κ1) is 21.0. The minimum atomic E-state index is -0.476. The van der Waals surface area contributed by atoms with Gasteiger partial charge < -0.3 is 10.1 Å². The van der Waals surface area contributed by atoms with Crippen molar-refractivity contribution in [1.82, 2.24) is 10.9 Å². The molecule has 3 amide bonds. The Kier molecular flexibility index (Phi) is 8.02. The molecule has 0 heterocycles. The lowest BCUT2D eigenvalue weighted by atomic mass is 10.2. The number of nitrogens with one attached hydrogen (secondary N) is 3. The van der Waals surface area contributed by atoms with Gasteiger partial charge in [-0.15, -0.1) is 0 Å². The summed E-state index contributed by atoms with van der Waals surface area (Å²) in [6.45, 7) is 3.77. The van der Waals surface area contributed by atoms with Crippen molar-refractivity contribution >= 4 is 23.4 Å². The van der Waals surface area contributed by atoms with Crippen LogP contribution in [-0.2, 0) is 16.0 Å². The van der Waals surface area contributed by atoms with E-state index in [1.165, 1.54) is 5.56 Å². The van der Waals surface area contributed by atoms with Gasteiger partial charge in [0.15, 0.2) is 6.61 Å². The number of anilines is 1. The summed E-state index contributed by atoms with van der Waals surface area (Å²) in [5.74, 6) is -0.431. The van der Waals surface area contributed by atoms with E-state index < -0.39 is 11.8 Å². The highest BCUT2D eigenvalue weighted by Crippen LogP contribution is 2.12. The van der Waals surface area contributed by atoms with Crippen molar-refractivity contribution in [3.63, 3.8) is 0 Å². The summed E-state index contributed by atoms with van der Waals surface area (Å²) < 4.78 is 5.37. The number of hydrogen-bond acceptors (Lipinski definition) is 4. The SMILES string of the molecule is CCCC(=O)Nc1ccc(C(=O)NNC(=O)COc2ccc(CC)cc2)cc1. The third kappa shape index (κ3) is 6.75. The zero-order valence-corrected chi connectivity index (χ0v) is 16.1. The summed E-state index contributed by atoms with van der Waals surface area (Å²) in [5, 5.41) is 2.74. The van der Waals surface area contributed by atoms with E-state index in [0.29, 0.717) is 23.4 Å². The molecular formula is C21H25N3O4. The van der Waals surface area contributed by atoms with Crippen molar-refractivity contribution < 1.29 is 19.1 Å². The molecule has 0 aliphatic heterocycles. The minimum Gasteiger partial charge on any atom is -0.484 e. The lowest BCUT2D eigenvalue weighted by Crippen LogP contribution is -2.43.